The quantitative estimate of drug-likeness (QED) is 0.486. The Morgan fingerprint density at radius 2 is 1.67 bits per heavy atom. The van der Waals surface area contributed by atoms with Crippen molar-refractivity contribution in [3.63, 3.8) is 0 Å². The Bertz CT molecular complexity index is 894. The second kappa shape index (κ2) is 10.8. The second-order valence-corrected chi connectivity index (χ2v) is 6.74. The van der Waals surface area contributed by atoms with Crippen molar-refractivity contribution in [3.8, 4) is 17.2 Å². The van der Waals surface area contributed by atoms with E-state index in [4.69, 9.17) is 14.2 Å². The van der Waals surface area contributed by atoms with Gasteiger partial charge in [0, 0.05) is 11.1 Å². The Hall–Kier alpha value is -3.55. The smallest absolute Gasteiger partial charge is 0.262 e. The molecule has 1 unspecified atom stereocenters. The van der Waals surface area contributed by atoms with Crippen molar-refractivity contribution in [1.82, 2.24) is 10.7 Å². The Balaban J connectivity index is 2.07. The second-order valence-electron chi connectivity index (χ2n) is 6.74. The summed E-state index contributed by atoms with van der Waals surface area (Å²) in [6.45, 7) is 3.68. The van der Waals surface area contributed by atoms with Crippen LogP contribution in [0, 0.1) is 5.92 Å². The van der Waals surface area contributed by atoms with Gasteiger partial charge < -0.3 is 19.5 Å². The molecule has 0 aliphatic heterocycles. The Kier molecular flexibility index (Phi) is 8.22. The summed E-state index contributed by atoms with van der Waals surface area (Å²) in [4.78, 5) is 25.1. The van der Waals surface area contributed by atoms with E-state index in [1.165, 1.54) is 13.3 Å². The molecule has 0 saturated heterocycles. The fraction of sp³-hybridized carbons (Fsp3) is 0.318. The van der Waals surface area contributed by atoms with Crippen LogP contribution >= 0.6 is 0 Å². The van der Waals surface area contributed by atoms with Crippen molar-refractivity contribution >= 4 is 18.0 Å². The van der Waals surface area contributed by atoms with Crippen LogP contribution in [-0.4, -0.2) is 45.4 Å². The third-order valence-corrected chi connectivity index (χ3v) is 4.40. The molecular formula is C22H27N3O5. The molecule has 8 heteroatoms. The number of nitrogens with zero attached hydrogens (tertiary/aromatic N) is 1. The molecule has 2 aromatic rings. The van der Waals surface area contributed by atoms with E-state index in [1.54, 1.807) is 56.7 Å². The van der Waals surface area contributed by atoms with Gasteiger partial charge in [-0.15, -0.1) is 0 Å². The first-order valence-corrected chi connectivity index (χ1v) is 9.40. The lowest BCUT2D eigenvalue weighted by Crippen LogP contribution is -2.48. The fourth-order valence-electron chi connectivity index (χ4n) is 2.75. The number of rotatable bonds is 9. The van der Waals surface area contributed by atoms with E-state index in [9.17, 15) is 9.59 Å². The van der Waals surface area contributed by atoms with Crippen LogP contribution in [0.1, 0.15) is 29.8 Å². The SMILES string of the molecule is COc1ccc(C(=O)NC(C(=O)N/N=C/c2cccc(OC)c2OC)C(C)C)cc1. The molecule has 1 atom stereocenters. The molecule has 0 spiro atoms. The van der Waals surface area contributed by atoms with Gasteiger partial charge in [0.05, 0.1) is 27.5 Å². The number of benzene rings is 2. The molecule has 2 amide bonds. The maximum atomic E-state index is 12.6. The predicted molar refractivity (Wildman–Crippen MR) is 114 cm³/mol. The monoisotopic (exact) mass is 413 g/mol. The van der Waals surface area contributed by atoms with Crippen LogP contribution < -0.4 is 25.0 Å². The summed E-state index contributed by atoms with van der Waals surface area (Å²) in [5, 5.41) is 6.75. The molecule has 2 aromatic carbocycles. The van der Waals surface area contributed by atoms with Crippen molar-refractivity contribution in [2.75, 3.05) is 21.3 Å². The summed E-state index contributed by atoms with van der Waals surface area (Å²) in [6, 6.07) is 11.2. The minimum absolute atomic E-state index is 0.145. The Morgan fingerprint density at radius 3 is 2.23 bits per heavy atom. The molecule has 0 fully saturated rings. The van der Waals surface area contributed by atoms with Crippen molar-refractivity contribution < 1.29 is 23.8 Å². The highest BCUT2D eigenvalue weighted by atomic mass is 16.5. The van der Waals surface area contributed by atoms with E-state index in [-0.39, 0.29) is 11.8 Å². The van der Waals surface area contributed by atoms with Gasteiger partial charge in [-0.25, -0.2) is 5.43 Å². The van der Waals surface area contributed by atoms with Crippen LogP contribution in [-0.2, 0) is 4.79 Å². The molecule has 0 radical (unpaired) electrons. The molecule has 0 heterocycles. The van der Waals surface area contributed by atoms with Gasteiger partial charge in [0.25, 0.3) is 11.8 Å². The van der Waals surface area contributed by atoms with Crippen LogP contribution in [0.3, 0.4) is 0 Å². The van der Waals surface area contributed by atoms with E-state index in [0.717, 1.165) is 0 Å². The van der Waals surface area contributed by atoms with Crippen LogP contribution in [0.4, 0.5) is 0 Å². The summed E-state index contributed by atoms with van der Waals surface area (Å²) in [7, 11) is 4.62. The molecule has 0 saturated carbocycles. The number of hydrogen-bond acceptors (Lipinski definition) is 6. The minimum atomic E-state index is -0.760. The van der Waals surface area contributed by atoms with E-state index in [2.05, 4.69) is 15.8 Å². The maximum absolute atomic E-state index is 12.6. The lowest BCUT2D eigenvalue weighted by Gasteiger charge is -2.20. The largest absolute Gasteiger partial charge is 0.497 e. The van der Waals surface area contributed by atoms with E-state index in [1.807, 2.05) is 13.8 Å². The summed E-state index contributed by atoms with van der Waals surface area (Å²) in [5.74, 6) is 0.779. The van der Waals surface area contributed by atoms with Crippen LogP contribution in [0.2, 0.25) is 0 Å². The van der Waals surface area contributed by atoms with Crippen LogP contribution in [0.5, 0.6) is 17.2 Å². The predicted octanol–water partition coefficient (Wildman–Crippen LogP) is 2.62. The molecular weight excluding hydrogens is 386 g/mol. The van der Waals surface area contributed by atoms with Crippen molar-refractivity contribution in [2.45, 2.75) is 19.9 Å². The van der Waals surface area contributed by atoms with Gasteiger partial charge >= 0.3 is 0 Å². The van der Waals surface area contributed by atoms with Gasteiger partial charge in [-0.1, -0.05) is 19.9 Å². The highest BCUT2D eigenvalue weighted by Crippen LogP contribution is 2.29. The number of para-hydroxylation sites is 1. The average molecular weight is 413 g/mol. The van der Waals surface area contributed by atoms with E-state index < -0.39 is 11.9 Å². The number of hydrazone groups is 1. The van der Waals surface area contributed by atoms with Gasteiger partial charge in [-0.2, -0.15) is 5.10 Å². The summed E-state index contributed by atoms with van der Waals surface area (Å²) in [5.41, 5.74) is 3.54. The number of amides is 2. The van der Waals surface area contributed by atoms with Crippen LogP contribution in [0.15, 0.2) is 47.6 Å². The zero-order valence-electron chi connectivity index (χ0n) is 17.8. The first-order chi connectivity index (χ1) is 14.4. The number of ether oxygens (including phenoxy) is 3. The lowest BCUT2D eigenvalue weighted by molar-refractivity contribution is -0.123. The zero-order chi connectivity index (χ0) is 22.1. The topological polar surface area (TPSA) is 98.2 Å². The number of methoxy groups -OCH3 is 3. The minimum Gasteiger partial charge on any atom is -0.497 e. The molecule has 30 heavy (non-hydrogen) atoms. The molecule has 2 rings (SSSR count). The molecule has 0 aliphatic carbocycles. The number of carbonyl (C=O) groups excluding carboxylic acids is 2. The molecule has 0 bridgehead atoms. The van der Waals surface area contributed by atoms with E-state index >= 15 is 0 Å². The van der Waals surface area contributed by atoms with Crippen LogP contribution in [0.25, 0.3) is 0 Å². The normalized spacial score (nSPS) is 11.8. The molecule has 8 nitrogen and oxygen atoms in total. The standard InChI is InChI=1S/C22H27N3O5/c1-14(2)19(24-21(26)15-9-11-17(28-3)12-10-15)22(27)25-23-13-16-7-6-8-18(29-4)20(16)30-5/h6-14,19H,1-5H3,(H,24,26)(H,25,27)/b23-13+. The molecule has 0 aromatic heterocycles. The lowest BCUT2D eigenvalue weighted by atomic mass is 10.0. The fourth-order valence-corrected chi connectivity index (χ4v) is 2.75. The number of nitrogens with one attached hydrogen (secondary N) is 2. The van der Waals surface area contributed by atoms with Gasteiger partial charge in [-0.3, -0.25) is 9.59 Å². The van der Waals surface area contributed by atoms with Crippen molar-refractivity contribution in [1.29, 1.82) is 0 Å². The summed E-state index contributed by atoms with van der Waals surface area (Å²) < 4.78 is 15.7. The number of hydrogen-bond donors (Lipinski definition) is 2. The molecule has 160 valence electrons. The third kappa shape index (κ3) is 5.73. The summed E-state index contributed by atoms with van der Waals surface area (Å²) in [6.07, 6.45) is 1.46. The van der Waals surface area contributed by atoms with Crippen molar-refractivity contribution in [3.05, 3.63) is 53.6 Å². The maximum Gasteiger partial charge on any atom is 0.262 e. The van der Waals surface area contributed by atoms with Gasteiger partial charge in [-0.05, 0) is 42.3 Å². The molecule has 2 N–H and O–H groups in total. The highest BCUT2D eigenvalue weighted by Gasteiger charge is 2.24. The first kappa shape index (κ1) is 22.7. The highest BCUT2D eigenvalue weighted by molar-refractivity contribution is 5.98. The van der Waals surface area contributed by atoms with Crippen molar-refractivity contribution in [2.24, 2.45) is 11.0 Å². The average Bonchev–Trinajstić information content (AvgIpc) is 2.76. The first-order valence-electron chi connectivity index (χ1n) is 9.40. The Morgan fingerprint density at radius 1 is 0.967 bits per heavy atom. The van der Waals surface area contributed by atoms with Gasteiger partial charge in [0.1, 0.15) is 11.8 Å². The van der Waals surface area contributed by atoms with Gasteiger partial charge in [0.15, 0.2) is 11.5 Å². The third-order valence-electron chi connectivity index (χ3n) is 4.40. The Labute approximate surface area is 176 Å². The van der Waals surface area contributed by atoms with E-state index in [0.29, 0.717) is 28.4 Å². The molecule has 0 aliphatic rings. The number of carbonyl (C=O) groups is 2. The van der Waals surface area contributed by atoms with Gasteiger partial charge in [0.2, 0.25) is 0 Å². The zero-order valence-corrected chi connectivity index (χ0v) is 17.8. The summed E-state index contributed by atoms with van der Waals surface area (Å²) >= 11 is 0.